The first-order chi connectivity index (χ1) is 46.1. The van der Waals surface area contributed by atoms with Gasteiger partial charge in [0.2, 0.25) is 35.4 Å². The second-order valence-corrected chi connectivity index (χ2v) is 26.5. The molecule has 0 spiro atoms. The fraction of sp³-hybridized carbons (Fsp3) is 0.425. The monoisotopic (exact) mass is 1330 g/mol. The molecule has 0 unspecified atom stereocenters. The number of imide groups is 3. The molecule has 0 radical (unpaired) electrons. The molecular weight excluding hydrogens is 1240 g/mol. The minimum atomic E-state index is -1.31. The van der Waals surface area contributed by atoms with Gasteiger partial charge in [-0.15, -0.1) is 0 Å². The average Bonchev–Trinajstić information content (AvgIpc) is 0.817. The minimum Gasteiger partial charge on any atom is -0.443 e. The molecule has 3 heterocycles. The highest BCUT2D eigenvalue weighted by Crippen LogP contribution is 2.35. The van der Waals surface area contributed by atoms with E-state index in [0.29, 0.717) is 109 Å². The lowest BCUT2D eigenvalue weighted by Crippen LogP contribution is -2.52. The number of carbonyl (C=O) groups is 9. The average molecular weight is 1330 g/mol. The largest absolute Gasteiger partial charge is 0.443 e. The van der Waals surface area contributed by atoms with Crippen LogP contribution in [0.5, 0.6) is 0 Å². The molecule has 0 aliphatic heterocycles. The van der Waals surface area contributed by atoms with Crippen LogP contribution in [0.25, 0.3) is 0 Å². The Labute approximate surface area is 568 Å². The highest BCUT2D eigenvalue weighted by atomic mass is 16.6. The Bertz CT molecular complexity index is 3190. The SMILES string of the molecule is CC(C)(C)OC(=O)N(C(=O)Cc1cccnc1)[C@@H](CCCCN)C(=O)Nc1ccc(C(c2ccc(NC(=O)[C@H](CCCCN)N(C(=O)Cc3cccnc3)C(=O)OC(C)(C)C)cc2)c2ccc(NC(=O)[C@H](CCCCN)N(C(=O)Cc3cccnc3)C(=O)OC(C)(C)C)cc2)cc1. The molecule has 97 heavy (non-hydrogen) atoms. The van der Waals surface area contributed by atoms with Crippen LogP contribution in [0.1, 0.15) is 159 Å². The number of amides is 9. The van der Waals surface area contributed by atoms with Crippen LogP contribution in [0.4, 0.5) is 31.4 Å². The Morgan fingerprint density at radius 2 is 0.629 bits per heavy atom. The number of carbonyl (C=O) groups excluding carboxylic acids is 9. The van der Waals surface area contributed by atoms with E-state index in [4.69, 9.17) is 31.4 Å². The lowest BCUT2D eigenvalue weighted by atomic mass is 9.85. The predicted molar refractivity (Wildman–Crippen MR) is 369 cm³/mol. The van der Waals surface area contributed by atoms with Crippen molar-refractivity contribution in [2.75, 3.05) is 35.6 Å². The molecule has 9 N–H and O–H groups in total. The van der Waals surface area contributed by atoms with Crippen LogP contribution < -0.4 is 33.2 Å². The summed E-state index contributed by atoms with van der Waals surface area (Å²) in [5, 5.41) is 8.80. The number of nitrogens with zero attached hydrogens (tertiary/aromatic N) is 6. The van der Waals surface area contributed by atoms with Crippen molar-refractivity contribution < 1.29 is 57.4 Å². The van der Waals surface area contributed by atoms with E-state index >= 15 is 0 Å². The van der Waals surface area contributed by atoms with Crippen molar-refractivity contribution in [2.45, 2.75) is 180 Å². The summed E-state index contributed by atoms with van der Waals surface area (Å²) < 4.78 is 17.2. The van der Waals surface area contributed by atoms with Crippen LogP contribution >= 0.6 is 0 Å². The zero-order chi connectivity index (χ0) is 70.9. The van der Waals surface area contributed by atoms with Crippen molar-refractivity contribution in [3.63, 3.8) is 0 Å². The molecule has 6 rings (SSSR count). The molecule has 3 atom stereocenters. The Balaban J connectivity index is 1.38. The number of rotatable bonds is 30. The first kappa shape index (κ1) is 76.2. The molecule has 0 bridgehead atoms. The van der Waals surface area contributed by atoms with Gasteiger partial charge in [0.1, 0.15) is 34.9 Å². The number of nitrogens with two attached hydrogens (primary N) is 3. The van der Waals surface area contributed by atoms with Gasteiger partial charge < -0.3 is 47.4 Å². The second kappa shape index (κ2) is 36.4. The van der Waals surface area contributed by atoms with E-state index in [1.807, 2.05) is 0 Å². The molecular formula is C73H94N12O12. The fourth-order valence-corrected chi connectivity index (χ4v) is 10.5. The third kappa shape index (κ3) is 24.4. The molecule has 518 valence electrons. The molecule has 0 aliphatic carbocycles. The maximum atomic E-state index is 14.6. The number of hydrogen-bond donors (Lipinski definition) is 6. The Morgan fingerprint density at radius 1 is 0.381 bits per heavy atom. The first-order valence-corrected chi connectivity index (χ1v) is 32.7. The van der Waals surface area contributed by atoms with Gasteiger partial charge in [0.15, 0.2) is 0 Å². The normalized spacial score (nSPS) is 12.5. The van der Waals surface area contributed by atoms with E-state index in [2.05, 4.69) is 30.9 Å². The third-order valence-electron chi connectivity index (χ3n) is 15.0. The number of ether oxygens (including phenoxy) is 3. The number of nitrogens with one attached hydrogen (secondary N) is 3. The Kier molecular flexibility index (Phi) is 28.6. The van der Waals surface area contributed by atoms with Crippen LogP contribution in [0.2, 0.25) is 0 Å². The maximum absolute atomic E-state index is 14.6. The van der Waals surface area contributed by atoms with Crippen molar-refractivity contribution in [3.8, 4) is 0 Å². The molecule has 3 aromatic carbocycles. The van der Waals surface area contributed by atoms with Crippen molar-refractivity contribution >= 4 is 70.8 Å². The van der Waals surface area contributed by atoms with Gasteiger partial charge in [0, 0.05) is 60.2 Å². The summed E-state index contributed by atoms with van der Waals surface area (Å²) in [6.45, 7) is 15.9. The summed E-state index contributed by atoms with van der Waals surface area (Å²) in [6, 6.07) is 27.1. The number of pyridine rings is 3. The molecule has 3 aromatic heterocycles. The molecule has 0 saturated heterocycles. The Morgan fingerprint density at radius 3 is 0.835 bits per heavy atom. The standard InChI is InChI=1S/C73H94N12O12/c1-71(2,3)95-68(92)83(61(86)43-49-19-16-40-77-46-49)58(22-10-13-37-74)65(89)80-55-31-25-52(26-32-55)64(53-27-33-56(34-28-53)81-66(90)59(23-11-14-38-75)84(69(93)96-72(4,5)6)62(87)44-50-20-17-41-78-47-50)54-29-35-57(36-30-54)82-67(91)60(24-12-15-39-76)85(70(94)97-73(7,8)9)63(88)45-51-21-18-42-79-48-51/h16-21,25-36,40-42,46-48,58-60,64H,10-15,22-24,37-39,43-45,74-76H2,1-9H3,(H,80,89)(H,81,90)(H,82,91)/t58-,59-,60-/m0/s1. The topological polar surface area (TPSA) is 344 Å². The Hall–Kier alpha value is -9.78. The van der Waals surface area contributed by atoms with Gasteiger partial charge in [-0.25, -0.2) is 29.1 Å². The number of benzene rings is 3. The van der Waals surface area contributed by atoms with Crippen LogP contribution in [-0.4, -0.2) is 138 Å². The van der Waals surface area contributed by atoms with Gasteiger partial charge in [-0.2, -0.15) is 0 Å². The second-order valence-electron chi connectivity index (χ2n) is 26.5. The van der Waals surface area contributed by atoms with Crippen molar-refractivity contribution in [3.05, 3.63) is 180 Å². The fourth-order valence-electron chi connectivity index (χ4n) is 10.5. The highest BCUT2D eigenvalue weighted by Gasteiger charge is 2.41. The first-order valence-electron chi connectivity index (χ1n) is 32.7. The number of unbranched alkanes of at least 4 members (excludes halogenated alkanes) is 3. The molecule has 6 aromatic rings. The molecule has 0 saturated carbocycles. The van der Waals surface area contributed by atoms with E-state index in [-0.39, 0.29) is 38.5 Å². The molecule has 24 heteroatoms. The molecule has 0 fully saturated rings. The summed E-state index contributed by atoms with van der Waals surface area (Å²) in [7, 11) is 0. The summed E-state index contributed by atoms with van der Waals surface area (Å²) in [5.41, 5.74) is 19.3. The molecule has 24 nitrogen and oxygen atoms in total. The van der Waals surface area contributed by atoms with Crippen LogP contribution in [0, 0.1) is 0 Å². The molecule has 0 aliphatic rings. The lowest BCUT2D eigenvalue weighted by molar-refractivity contribution is -0.137. The quantitative estimate of drug-likeness (QED) is 0.0139. The van der Waals surface area contributed by atoms with E-state index in [0.717, 1.165) is 14.7 Å². The van der Waals surface area contributed by atoms with Crippen LogP contribution in [0.3, 0.4) is 0 Å². The highest BCUT2D eigenvalue weighted by molar-refractivity contribution is 6.05. The van der Waals surface area contributed by atoms with Gasteiger partial charge in [0.25, 0.3) is 0 Å². The molecule has 9 amide bonds. The zero-order valence-corrected chi connectivity index (χ0v) is 57.1. The summed E-state index contributed by atoms with van der Waals surface area (Å²) in [6.07, 6.45) is 8.48. The smallest absolute Gasteiger partial charge is 0.417 e. The number of aromatic nitrogens is 3. The summed E-state index contributed by atoms with van der Waals surface area (Å²) in [4.78, 5) is 143. The maximum Gasteiger partial charge on any atom is 0.417 e. The van der Waals surface area contributed by atoms with Gasteiger partial charge >= 0.3 is 18.3 Å². The van der Waals surface area contributed by atoms with Crippen LogP contribution in [0.15, 0.2) is 146 Å². The van der Waals surface area contributed by atoms with Gasteiger partial charge in [-0.1, -0.05) is 54.6 Å². The van der Waals surface area contributed by atoms with Crippen molar-refractivity contribution in [1.29, 1.82) is 0 Å². The van der Waals surface area contributed by atoms with Gasteiger partial charge in [-0.05, 0) is 228 Å². The van der Waals surface area contributed by atoms with Gasteiger partial charge in [-0.3, -0.25) is 43.7 Å². The van der Waals surface area contributed by atoms with E-state index < -0.39 is 94.6 Å². The number of hydrogen-bond acceptors (Lipinski definition) is 18. The third-order valence-corrected chi connectivity index (χ3v) is 15.0. The number of anilines is 3. The van der Waals surface area contributed by atoms with E-state index in [1.54, 1.807) is 190 Å². The van der Waals surface area contributed by atoms with Gasteiger partial charge in [0.05, 0.1) is 19.3 Å². The van der Waals surface area contributed by atoms with Crippen molar-refractivity contribution in [1.82, 2.24) is 29.7 Å². The van der Waals surface area contributed by atoms with Crippen LogP contribution in [-0.2, 0) is 62.2 Å². The lowest BCUT2D eigenvalue weighted by Gasteiger charge is -2.31. The van der Waals surface area contributed by atoms with E-state index in [9.17, 15) is 43.2 Å². The van der Waals surface area contributed by atoms with Crippen molar-refractivity contribution in [2.24, 2.45) is 17.2 Å². The minimum absolute atomic E-state index is 0.0800. The predicted octanol–water partition coefficient (Wildman–Crippen LogP) is 10.4. The zero-order valence-electron chi connectivity index (χ0n) is 57.1. The summed E-state index contributed by atoms with van der Waals surface area (Å²) in [5.74, 6) is -4.54. The van der Waals surface area contributed by atoms with E-state index in [1.165, 1.54) is 18.6 Å². The summed E-state index contributed by atoms with van der Waals surface area (Å²) >= 11 is 0.